The first-order valence-corrected chi connectivity index (χ1v) is 17.7. The molecule has 15 heteroatoms. The minimum Gasteiger partial charge on any atom is -0.462 e. The molecule has 280 valence electrons. The van der Waals surface area contributed by atoms with E-state index in [9.17, 15) is 33.6 Å². The van der Waals surface area contributed by atoms with Gasteiger partial charge in [0.1, 0.15) is 42.4 Å². The van der Waals surface area contributed by atoms with E-state index in [4.69, 9.17) is 19.9 Å². The molecule has 3 aliphatic heterocycles. The lowest BCUT2D eigenvalue weighted by atomic mass is 9.99. The van der Waals surface area contributed by atoms with Crippen molar-refractivity contribution in [1.29, 1.82) is 0 Å². The van der Waals surface area contributed by atoms with Gasteiger partial charge in [-0.25, -0.2) is 9.59 Å². The van der Waals surface area contributed by atoms with Crippen molar-refractivity contribution in [3.8, 4) is 0 Å². The number of nitrogens with two attached hydrogens (primary N) is 1. The fourth-order valence-corrected chi connectivity index (χ4v) is 6.64. The van der Waals surface area contributed by atoms with Crippen LogP contribution in [0.2, 0.25) is 0 Å². The summed E-state index contributed by atoms with van der Waals surface area (Å²) in [6.45, 7) is 8.59. The Hall–Kier alpha value is -4.53. The first kappa shape index (κ1) is 39.3. The highest BCUT2D eigenvalue weighted by atomic mass is 16.6. The van der Waals surface area contributed by atoms with Gasteiger partial charge in [-0.15, -0.1) is 0 Å². The summed E-state index contributed by atoms with van der Waals surface area (Å²) in [6.07, 6.45) is 2.64. The average Bonchev–Trinajstić information content (AvgIpc) is 3.75. The lowest BCUT2D eigenvalue weighted by Gasteiger charge is -2.38. The molecule has 6 atom stereocenters. The van der Waals surface area contributed by atoms with E-state index in [0.717, 1.165) is 0 Å². The van der Waals surface area contributed by atoms with E-state index >= 15 is 0 Å². The van der Waals surface area contributed by atoms with Gasteiger partial charge in [0.25, 0.3) is 0 Å². The maximum absolute atomic E-state index is 13.8. The van der Waals surface area contributed by atoms with Crippen molar-refractivity contribution in [1.82, 2.24) is 20.0 Å². The third-order valence-electron chi connectivity index (χ3n) is 9.20. The maximum atomic E-state index is 13.8. The van der Waals surface area contributed by atoms with Crippen LogP contribution in [0.3, 0.4) is 0 Å². The number of rotatable bonds is 11. The van der Waals surface area contributed by atoms with Crippen molar-refractivity contribution in [3.63, 3.8) is 0 Å². The number of amides is 4. The molecule has 1 aromatic rings. The Balaban J connectivity index is 1.31. The van der Waals surface area contributed by atoms with Gasteiger partial charge in [0, 0.05) is 25.2 Å². The summed E-state index contributed by atoms with van der Waals surface area (Å²) in [5, 5.41) is 2.75. The number of piperidine rings is 1. The van der Waals surface area contributed by atoms with Crippen molar-refractivity contribution in [2.45, 2.75) is 109 Å². The summed E-state index contributed by atoms with van der Waals surface area (Å²) in [4.78, 5) is 95.9. The van der Waals surface area contributed by atoms with Crippen LogP contribution in [0.15, 0.2) is 30.3 Å². The molecule has 0 unspecified atom stereocenters. The molecule has 0 radical (unpaired) electrons. The van der Waals surface area contributed by atoms with Crippen molar-refractivity contribution >= 4 is 41.5 Å². The number of ketones is 1. The molecule has 15 nitrogen and oxygen atoms in total. The highest BCUT2D eigenvalue weighted by Crippen LogP contribution is 2.27. The van der Waals surface area contributed by atoms with Crippen LogP contribution in [0.1, 0.15) is 83.5 Å². The number of nitrogens with zero attached hydrogens (tertiary/aromatic N) is 3. The summed E-state index contributed by atoms with van der Waals surface area (Å²) in [5.41, 5.74) is 5.51. The molecule has 4 amide bonds. The molecule has 3 aliphatic rings. The van der Waals surface area contributed by atoms with Crippen molar-refractivity contribution in [2.24, 2.45) is 11.7 Å². The molecule has 0 saturated carbocycles. The van der Waals surface area contributed by atoms with Crippen LogP contribution in [-0.2, 0) is 38.2 Å². The molecule has 3 fully saturated rings. The van der Waals surface area contributed by atoms with Gasteiger partial charge >= 0.3 is 18.0 Å². The molecule has 4 rings (SSSR count). The van der Waals surface area contributed by atoms with Crippen LogP contribution in [0.5, 0.6) is 0 Å². The van der Waals surface area contributed by atoms with E-state index in [-0.39, 0.29) is 18.4 Å². The van der Waals surface area contributed by atoms with Crippen LogP contribution >= 0.6 is 0 Å². The molecule has 3 saturated heterocycles. The van der Waals surface area contributed by atoms with Gasteiger partial charge in [0.15, 0.2) is 12.4 Å². The van der Waals surface area contributed by atoms with Gasteiger partial charge in [-0.1, -0.05) is 37.3 Å². The number of esters is 2. The summed E-state index contributed by atoms with van der Waals surface area (Å²) in [5.74, 6) is -3.46. The predicted molar refractivity (Wildman–Crippen MR) is 183 cm³/mol. The predicted octanol–water partition coefficient (Wildman–Crippen LogP) is 1.81. The van der Waals surface area contributed by atoms with Gasteiger partial charge in [0.2, 0.25) is 17.7 Å². The highest BCUT2D eigenvalue weighted by molar-refractivity contribution is 5.98. The standard InChI is InChI=1S/C36H51N5O10/c1-22-18-28(34(47)49-20-25(37)33(46)50-21-29(42)24-12-7-6-8-13-24)41(19-22)31(44)23(2)38-30(43)26-14-9-10-16-39(26)32(45)27-15-11-17-40(27)35(48)51-36(3,4)5/h6-8,12-13,22-23,25-28H,9-11,14-21,37H2,1-5H3,(H,38,43)/t22-,23+,25+,26+,27+,28+/m1/s1. The Morgan fingerprint density at radius 3 is 2.24 bits per heavy atom. The second-order valence-corrected chi connectivity index (χ2v) is 14.6. The van der Waals surface area contributed by atoms with Crippen LogP contribution in [0, 0.1) is 5.92 Å². The number of likely N-dealkylation sites (tertiary alicyclic amines) is 3. The zero-order valence-electron chi connectivity index (χ0n) is 30.1. The fraction of sp³-hybridized carbons (Fsp3) is 0.639. The molecule has 1 aromatic carbocycles. The molecule has 0 bridgehead atoms. The van der Waals surface area contributed by atoms with Crippen LogP contribution in [0.4, 0.5) is 4.79 Å². The molecule has 0 aromatic heterocycles. The summed E-state index contributed by atoms with van der Waals surface area (Å²) in [7, 11) is 0. The average molecular weight is 714 g/mol. The number of hydrogen-bond acceptors (Lipinski definition) is 11. The van der Waals surface area contributed by atoms with Gasteiger partial charge in [-0.05, 0) is 72.1 Å². The Bertz CT molecular complexity index is 1460. The number of benzene rings is 1. The lowest BCUT2D eigenvalue weighted by Crippen LogP contribution is -2.59. The number of Topliss-reactive ketones (excluding diaryl/α,β-unsaturated/α-hetero) is 1. The first-order valence-electron chi connectivity index (χ1n) is 17.7. The number of carbonyl (C=O) groups excluding carboxylic acids is 7. The molecule has 3 N–H and O–H groups in total. The normalized spacial score (nSPS) is 23.2. The SMILES string of the molecule is C[C@@H]1C[C@@H](C(=O)OC[C@H](N)C(=O)OCC(=O)c2ccccc2)N(C(=O)[C@H](C)NC(=O)[C@@H]2CCCCN2C(=O)[C@@H]2CCCN2C(=O)OC(C)(C)C)C1. The zero-order chi connectivity index (χ0) is 37.5. The smallest absolute Gasteiger partial charge is 0.410 e. The van der Waals surface area contributed by atoms with E-state index in [0.29, 0.717) is 57.2 Å². The van der Waals surface area contributed by atoms with Gasteiger partial charge in [0.05, 0.1) is 0 Å². The van der Waals surface area contributed by atoms with Crippen molar-refractivity contribution < 1.29 is 47.8 Å². The molecule has 0 aliphatic carbocycles. The van der Waals surface area contributed by atoms with Crippen LogP contribution in [-0.4, -0.2) is 125 Å². The topological polar surface area (TPSA) is 195 Å². The Morgan fingerprint density at radius 2 is 1.55 bits per heavy atom. The van der Waals surface area contributed by atoms with E-state index < -0.39 is 84.7 Å². The minimum atomic E-state index is -1.35. The molecular formula is C36H51N5O10. The summed E-state index contributed by atoms with van der Waals surface area (Å²) in [6, 6.07) is 3.38. The largest absolute Gasteiger partial charge is 0.462 e. The van der Waals surface area contributed by atoms with Gasteiger partial charge in [-0.2, -0.15) is 0 Å². The monoisotopic (exact) mass is 713 g/mol. The van der Waals surface area contributed by atoms with Crippen molar-refractivity contribution in [2.75, 3.05) is 32.8 Å². The highest BCUT2D eigenvalue weighted by Gasteiger charge is 2.44. The van der Waals surface area contributed by atoms with Gasteiger partial charge in [-0.3, -0.25) is 28.9 Å². The third kappa shape index (κ3) is 10.3. The quantitative estimate of drug-likeness (QED) is 0.193. The number of nitrogens with one attached hydrogen (secondary N) is 1. The third-order valence-corrected chi connectivity index (χ3v) is 9.20. The maximum Gasteiger partial charge on any atom is 0.410 e. The molecule has 0 spiro atoms. The number of carbonyl (C=O) groups is 7. The molecular weight excluding hydrogens is 662 g/mol. The second kappa shape index (κ2) is 17.1. The van der Waals surface area contributed by atoms with Crippen LogP contribution < -0.4 is 11.1 Å². The Kier molecular flexibility index (Phi) is 13.2. The molecule has 3 heterocycles. The Morgan fingerprint density at radius 1 is 0.882 bits per heavy atom. The number of ether oxygens (including phenoxy) is 3. The van der Waals surface area contributed by atoms with Crippen LogP contribution in [0.25, 0.3) is 0 Å². The second-order valence-electron chi connectivity index (χ2n) is 14.6. The van der Waals surface area contributed by atoms with E-state index in [1.165, 1.54) is 21.6 Å². The van der Waals surface area contributed by atoms with E-state index in [1.54, 1.807) is 51.1 Å². The van der Waals surface area contributed by atoms with E-state index in [1.807, 2.05) is 6.92 Å². The fourth-order valence-electron chi connectivity index (χ4n) is 6.64. The Labute approximate surface area is 298 Å². The lowest BCUT2D eigenvalue weighted by molar-refractivity contribution is -0.157. The molecule has 51 heavy (non-hydrogen) atoms. The summed E-state index contributed by atoms with van der Waals surface area (Å²) >= 11 is 0. The zero-order valence-corrected chi connectivity index (χ0v) is 30.1. The minimum absolute atomic E-state index is 0.0529. The van der Waals surface area contributed by atoms with Gasteiger partial charge < -0.3 is 35.1 Å². The van der Waals surface area contributed by atoms with E-state index in [2.05, 4.69) is 5.32 Å². The van der Waals surface area contributed by atoms with Crippen molar-refractivity contribution in [3.05, 3.63) is 35.9 Å². The first-order chi connectivity index (χ1) is 24.1. The summed E-state index contributed by atoms with van der Waals surface area (Å²) < 4.78 is 15.8. The number of hydrogen-bond donors (Lipinski definition) is 2.